The third-order valence-electron chi connectivity index (χ3n) is 4.82. The first-order valence-corrected chi connectivity index (χ1v) is 7.21. The van der Waals surface area contributed by atoms with Gasteiger partial charge in [0.25, 0.3) is 0 Å². The van der Waals surface area contributed by atoms with Gasteiger partial charge in [-0.25, -0.2) is 0 Å². The topological polar surface area (TPSA) is 49.3 Å². The van der Waals surface area contributed by atoms with Crippen molar-refractivity contribution < 1.29 is 9.90 Å². The molecule has 3 unspecified atom stereocenters. The van der Waals surface area contributed by atoms with Gasteiger partial charge in [-0.2, -0.15) is 0 Å². The summed E-state index contributed by atoms with van der Waals surface area (Å²) in [5.41, 5.74) is 1.72. The lowest BCUT2D eigenvalue weighted by Crippen LogP contribution is -2.20. The van der Waals surface area contributed by atoms with Crippen LogP contribution in [0.25, 0.3) is 0 Å². The van der Waals surface area contributed by atoms with Gasteiger partial charge in [-0.1, -0.05) is 6.42 Å². The molecular formula is C16H21NO2. The summed E-state index contributed by atoms with van der Waals surface area (Å²) in [5, 5.41) is 12.3. The van der Waals surface area contributed by atoms with E-state index < -0.39 is 0 Å². The maximum Gasteiger partial charge on any atom is 0.224 e. The van der Waals surface area contributed by atoms with Crippen LogP contribution in [0.15, 0.2) is 18.2 Å². The van der Waals surface area contributed by atoms with Crippen LogP contribution in [0.3, 0.4) is 0 Å². The molecule has 0 spiro atoms. The fourth-order valence-corrected chi connectivity index (χ4v) is 3.85. The Bertz CT molecular complexity index is 498. The summed E-state index contributed by atoms with van der Waals surface area (Å²) in [6.45, 7) is 1.90. The summed E-state index contributed by atoms with van der Waals surface area (Å²) >= 11 is 0. The average Bonchev–Trinajstić information content (AvgIpc) is 2.95. The Labute approximate surface area is 114 Å². The predicted molar refractivity (Wildman–Crippen MR) is 75.0 cm³/mol. The highest BCUT2D eigenvalue weighted by Gasteiger charge is 2.40. The van der Waals surface area contributed by atoms with E-state index in [0.29, 0.717) is 12.3 Å². The van der Waals surface area contributed by atoms with E-state index in [-0.39, 0.29) is 11.7 Å². The molecule has 0 aromatic heterocycles. The minimum atomic E-state index is 0.117. The summed E-state index contributed by atoms with van der Waals surface area (Å²) in [7, 11) is 0. The Morgan fingerprint density at radius 1 is 1.37 bits per heavy atom. The Kier molecular flexibility index (Phi) is 3.21. The lowest BCUT2D eigenvalue weighted by atomic mass is 9.86. The Balaban J connectivity index is 1.59. The maximum atomic E-state index is 12.1. The number of nitrogens with one attached hydrogen (secondary N) is 1. The van der Waals surface area contributed by atoms with Crippen LogP contribution in [0.5, 0.6) is 5.75 Å². The van der Waals surface area contributed by atoms with Crippen molar-refractivity contribution in [2.45, 2.75) is 39.0 Å². The van der Waals surface area contributed by atoms with Crippen molar-refractivity contribution in [3.05, 3.63) is 23.8 Å². The van der Waals surface area contributed by atoms with Crippen molar-refractivity contribution in [1.29, 1.82) is 0 Å². The molecule has 3 atom stereocenters. The highest BCUT2D eigenvalue weighted by molar-refractivity contribution is 5.91. The number of phenolic OH excluding ortho intramolecular Hbond substituents is 1. The molecule has 2 saturated carbocycles. The molecule has 0 radical (unpaired) electrons. The molecule has 3 rings (SSSR count). The second-order valence-electron chi connectivity index (χ2n) is 6.19. The molecule has 2 N–H and O–H groups in total. The first-order valence-electron chi connectivity index (χ1n) is 7.21. The van der Waals surface area contributed by atoms with Gasteiger partial charge in [-0.3, -0.25) is 4.79 Å². The molecule has 1 aromatic rings. The molecule has 0 saturated heterocycles. The zero-order chi connectivity index (χ0) is 13.4. The number of hydrogen-bond acceptors (Lipinski definition) is 2. The number of carbonyl (C=O) groups excluding carboxylic acids is 1. The first-order chi connectivity index (χ1) is 9.11. The summed E-state index contributed by atoms with van der Waals surface area (Å²) in [6.07, 6.45) is 5.94. The molecule has 2 aliphatic rings. The monoisotopic (exact) mass is 259 g/mol. The lowest BCUT2D eigenvalue weighted by Gasteiger charge is -2.21. The van der Waals surface area contributed by atoms with Gasteiger partial charge in [0.2, 0.25) is 5.91 Å². The van der Waals surface area contributed by atoms with E-state index >= 15 is 0 Å². The number of aromatic hydroxyl groups is 1. The van der Waals surface area contributed by atoms with Crippen LogP contribution in [-0.2, 0) is 4.79 Å². The third-order valence-corrected chi connectivity index (χ3v) is 4.82. The standard InChI is InChI=1S/C16H21NO2/c1-10-6-14(18)4-5-15(10)17-16(19)9-13-8-11-2-3-12(13)7-11/h4-6,11-13,18H,2-3,7-9H2,1H3,(H,17,19). The molecule has 3 heteroatoms. The van der Waals surface area contributed by atoms with Crippen molar-refractivity contribution in [2.75, 3.05) is 5.32 Å². The molecule has 0 heterocycles. The number of anilines is 1. The van der Waals surface area contributed by atoms with Gasteiger partial charge in [0.05, 0.1) is 0 Å². The Morgan fingerprint density at radius 3 is 2.84 bits per heavy atom. The highest BCUT2D eigenvalue weighted by atomic mass is 16.3. The molecule has 2 fully saturated rings. The SMILES string of the molecule is Cc1cc(O)ccc1NC(=O)CC1CC2CCC1C2. The van der Waals surface area contributed by atoms with Crippen LogP contribution in [0.2, 0.25) is 0 Å². The zero-order valence-corrected chi connectivity index (χ0v) is 11.4. The number of phenols is 1. The molecule has 1 aromatic carbocycles. The highest BCUT2D eigenvalue weighted by Crippen LogP contribution is 2.49. The van der Waals surface area contributed by atoms with Crippen LogP contribution in [0.4, 0.5) is 5.69 Å². The van der Waals surface area contributed by atoms with E-state index in [0.717, 1.165) is 23.1 Å². The molecule has 102 valence electrons. The van der Waals surface area contributed by atoms with Crippen LogP contribution in [0, 0.1) is 24.7 Å². The zero-order valence-electron chi connectivity index (χ0n) is 11.4. The number of benzene rings is 1. The average molecular weight is 259 g/mol. The van der Waals surface area contributed by atoms with Gasteiger partial charge in [0.15, 0.2) is 0 Å². The Hall–Kier alpha value is -1.51. The fourth-order valence-electron chi connectivity index (χ4n) is 3.85. The molecule has 0 aliphatic heterocycles. The molecule has 3 nitrogen and oxygen atoms in total. The minimum absolute atomic E-state index is 0.117. The summed E-state index contributed by atoms with van der Waals surface area (Å²) in [6, 6.07) is 5.05. The van der Waals surface area contributed by atoms with Gasteiger partial charge in [0, 0.05) is 12.1 Å². The lowest BCUT2D eigenvalue weighted by molar-refractivity contribution is -0.117. The van der Waals surface area contributed by atoms with E-state index in [1.54, 1.807) is 18.2 Å². The van der Waals surface area contributed by atoms with E-state index in [9.17, 15) is 9.90 Å². The van der Waals surface area contributed by atoms with Crippen molar-refractivity contribution in [3.63, 3.8) is 0 Å². The maximum absolute atomic E-state index is 12.1. The number of hydrogen-bond donors (Lipinski definition) is 2. The molecule has 2 bridgehead atoms. The van der Waals surface area contributed by atoms with E-state index in [4.69, 9.17) is 0 Å². The summed E-state index contributed by atoms with van der Waals surface area (Å²) in [4.78, 5) is 12.1. The molecular weight excluding hydrogens is 238 g/mol. The number of fused-ring (bicyclic) bond motifs is 2. The van der Waals surface area contributed by atoms with Crippen LogP contribution >= 0.6 is 0 Å². The van der Waals surface area contributed by atoms with Gasteiger partial charge >= 0.3 is 0 Å². The smallest absolute Gasteiger partial charge is 0.224 e. The second-order valence-corrected chi connectivity index (χ2v) is 6.19. The predicted octanol–water partition coefficient (Wildman–Crippen LogP) is 3.47. The van der Waals surface area contributed by atoms with Crippen LogP contribution in [0.1, 0.15) is 37.7 Å². The van der Waals surface area contributed by atoms with Crippen molar-refractivity contribution in [3.8, 4) is 5.75 Å². The third kappa shape index (κ3) is 2.60. The van der Waals surface area contributed by atoms with Gasteiger partial charge in [-0.05, 0) is 67.7 Å². The quantitative estimate of drug-likeness (QED) is 0.817. The molecule has 1 amide bonds. The largest absolute Gasteiger partial charge is 0.508 e. The number of rotatable bonds is 3. The van der Waals surface area contributed by atoms with E-state index in [2.05, 4.69) is 5.32 Å². The van der Waals surface area contributed by atoms with Crippen molar-refractivity contribution >= 4 is 11.6 Å². The van der Waals surface area contributed by atoms with Gasteiger partial charge in [-0.15, -0.1) is 0 Å². The Morgan fingerprint density at radius 2 is 2.21 bits per heavy atom. The minimum Gasteiger partial charge on any atom is -0.508 e. The number of carbonyl (C=O) groups is 1. The van der Waals surface area contributed by atoms with Gasteiger partial charge < -0.3 is 10.4 Å². The molecule has 19 heavy (non-hydrogen) atoms. The van der Waals surface area contributed by atoms with E-state index in [1.165, 1.54) is 25.7 Å². The second kappa shape index (κ2) is 4.87. The first kappa shape index (κ1) is 12.5. The molecule has 2 aliphatic carbocycles. The van der Waals surface area contributed by atoms with Crippen LogP contribution in [-0.4, -0.2) is 11.0 Å². The normalized spacial score (nSPS) is 28.6. The van der Waals surface area contributed by atoms with Gasteiger partial charge in [0.1, 0.15) is 5.75 Å². The van der Waals surface area contributed by atoms with Crippen LogP contribution < -0.4 is 5.32 Å². The van der Waals surface area contributed by atoms with E-state index in [1.807, 2.05) is 6.92 Å². The summed E-state index contributed by atoms with van der Waals surface area (Å²) < 4.78 is 0. The van der Waals surface area contributed by atoms with Crippen molar-refractivity contribution in [1.82, 2.24) is 0 Å². The fraction of sp³-hybridized carbons (Fsp3) is 0.562. The number of amides is 1. The summed E-state index contributed by atoms with van der Waals surface area (Å²) in [5.74, 6) is 2.63. The number of aryl methyl sites for hydroxylation is 1. The van der Waals surface area contributed by atoms with Crippen molar-refractivity contribution in [2.24, 2.45) is 17.8 Å².